The molecule has 32 heavy (non-hydrogen) atoms. The Morgan fingerprint density at radius 2 is 1.88 bits per heavy atom. The molecule has 0 atom stereocenters. The molecule has 1 N–H and O–H groups in total. The SMILES string of the molecule is Cn1ncc2c(C(=O)NCCc3cccc(F)c3)cc(-c3ccccc3C(F)(F)F)nc21. The maximum Gasteiger partial charge on any atom is 0.417 e. The third-order valence-electron chi connectivity index (χ3n) is 5.05. The standard InChI is InChI=1S/C23H18F4N4O/c1-31-21-18(13-29-31)17(22(32)28-10-9-14-5-4-6-15(24)11-14)12-20(30-21)16-7-2-3-8-19(16)23(25,26)27/h2-8,11-13H,9-10H2,1H3,(H,28,32). The zero-order valence-electron chi connectivity index (χ0n) is 16.9. The van der Waals surface area contributed by atoms with Crippen LogP contribution in [0.1, 0.15) is 21.5 Å². The van der Waals surface area contributed by atoms with Crippen molar-refractivity contribution in [2.24, 2.45) is 7.05 Å². The summed E-state index contributed by atoms with van der Waals surface area (Å²) in [6, 6.07) is 12.5. The molecular weight excluding hydrogens is 424 g/mol. The van der Waals surface area contributed by atoms with Crippen LogP contribution in [0, 0.1) is 5.82 Å². The number of amides is 1. The summed E-state index contributed by atoms with van der Waals surface area (Å²) < 4.78 is 55.3. The molecule has 0 spiro atoms. The number of alkyl halides is 3. The molecule has 9 heteroatoms. The Kier molecular flexibility index (Phi) is 5.65. The van der Waals surface area contributed by atoms with Crippen LogP contribution in [-0.2, 0) is 19.6 Å². The largest absolute Gasteiger partial charge is 0.417 e. The quantitative estimate of drug-likeness (QED) is 0.453. The molecule has 2 heterocycles. The number of carbonyl (C=O) groups is 1. The summed E-state index contributed by atoms with van der Waals surface area (Å²) in [6.07, 6.45) is -2.73. The summed E-state index contributed by atoms with van der Waals surface area (Å²) in [5, 5.41) is 7.26. The summed E-state index contributed by atoms with van der Waals surface area (Å²) in [5.74, 6) is -0.847. The molecule has 4 aromatic rings. The normalized spacial score (nSPS) is 11.7. The number of pyridine rings is 1. The Labute approximate surface area is 180 Å². The first-order valence-electron chi connectivity index (χ1n) is 9.76. The van der Waals surface area contributed by atoms with Gasteiger partial charge in [-0.1, -0.05) is 30.3 Å². The molecule has 5 nitrogen and oxygen atoms in total. The highest BCUT2D eigenvalue weighted by molar-refractivity contribution is 6.06. The van der Waals surface area contributed by atoms with E-state index in [1.165, 1.54) is 47.3 Å². The van der Waals surface area contributed by atoms with E-state index in [-0.39, 0.29) is 34.8 Å². The van der Waals surface area contributed by atoms with Crippen LogP contribution in [0.3, 0.4) is 0 Å². The van der Waals surface area contributed by atoms with Crippen LogP contribution in [0.2, 0.25) is 0 Å². The van der Waals surface area contributed by atoms with Gasteiger partial charge in [0.05, 0.1) is 28.4 Å². The number of aromatic nitrogens is 3. The van der Waals surface area contributed by atoms with Crippen molar-refractivity contribution in [3.05, 3.63) is 83.3 Å². The Hall–Kier alpha value is -3.75. The predicted molar refractivity (Wildman–Crippen MR) is 111 cm³/mol. The molecule has 2 aromatic heterocycles. The first kappa shape index (κ1) is 21.5. The number of aryl methyl sites for hydroxylation is 1. The van der Waals surface area contributed by atoms with Crippen molar-refractivity contribution in [3.63, 3.8) is 0 Å². The Balaban J connectivity index is 1.69. The summed E-state index contributed by atoms with van der Waals surface area (Å²) in [4.78, 5) is 17.3. The van der Waals surface area contributed by atoms with Gasteiger partial charge in [-0.25, -0.2) is 9.37 Å². The summed E-state index contributed by atoms with van der Waals surface area (Å²) >= 11 is 0. The maximum atomic E-state index is 13.5. The molecule has 0 bridgehead atoms. The van der Waals surface area contributed by atoms with E-state index in [4.69, 9.17) is 0 Å². The topological polar surface area (TPSA) is 59.8 Å². The minimum absolute atomic E-state index is 0.0179. The van der Waals surface area contributed by atoms with Crippen LogP contribution in [0.15, 0.2) is 60.8 Å². The molecule has 4 rings (SSSR count). The van der Waals surface area contributed by atoms with Gasteiger partial charge in [0.25, 0.3) is 5.91 Å². The summed E-state index contributed by atoms with van der Waals surface area (Å²) in [5.41, 5.74) is 0.211. The molecule has 0 fully saturated rings. The van der Waals surface area contributed by atoms with Gasteiger partial charge in [0, 0.05) is 19.2 Å². The third kappa shape index (κ3) is 4.32. The van der Waals surface area contributed by atoms with Gasteiger partial charge in [0.1, 0.15) is 5.82 Å². The molecule has 1 amide bonds. The number of benzene rings is 2. The van der Waals surface area contributed by atoms with Crippen molar-refractivity contribution < 1.29 is 22.4 Å². The van der Waals surface area contributed by atoms with Gasteiger partial charge >= 0.3 is 6.18 Å². The Morgan fingerprint density at radius 3 is 2.62 bits per heavy atom. The number of fused-ring (bicyclic) bond motifs is 1. The molecule has 0 unspecified atom stereocenters. The number of nitrogens with one attached hydrogen (secondary N) is 1. The first-order chi connectivity index (χ1) is 15.2. The fourth-order valence-corrected chi connectivity index (χ4v) is 3.50. The molecule has 0 saturated carbocycles. The van der Waals surface area contributed by atoms with Crippen molar-refractivity contribution in [3.8, 4) is 11.3 Å². The summed E-state index contributed by atoms with van der Waals surface area (Å²) in [6.45, 7) is 0.223. The van der Waals surface area contributed by atoms with Crippen LogP contribution in [0.5, 0.6) is 0 Å². The molecule has 0 radical (unpaired) electrons. The highest BCUT2D eigenvalue weighted by Crippen LogP contribution is 2.37. The Bertz CT molecular complexity index is 1300. The van der Waals surface area contributed by atoms with E-state index >= 15 is 0 Å². The smallest absolute Gasteiger partial charge is 0.352 e. The van der Waals surface area contributed by atoms with Crippen LogP contribution in [0.25, 0.3) is 22.3 Å². The van der Waals surface area contributed by atoms with Crippen LogP contribution >= 0.6 is 0 Å². The fourth-order valence-electron chi connectivity index (χ4n) is 3.50. The van der Waals surface area contributed by atoms with Gasteiger partial charge < -0.3 is 5.32 Å². The second-order valence-corrected chi connectivity index (χ2v) is 7.24. The van der Waals surface area contributed by atoms with Crippen LogP contribution < -0.4 is 5.32 Å². The lowest BCUT2D eigenvalue weighted by Crippen LogP contribution is -2.26. The molecule has 164 valence electrons. The second-order valence-electron chi connectivity index (χ2n) is 7.24. The van der Waals surface area contributed by atoms with Gasteiger partial charge in [-0.3, -0.25) is 9.48 Å². The number of carbonyl (C=O) groups excluding carboxylic acids is 1. The number of nitrogens with zero attached hydrogens (tertiary/aromatic N) is 3. The lowest BCUT2D eigenvalue weighted by Gasteiger charge is -2.14. The Morgan fingerprint density at radius 1 is 1.09 bits per heavy atom. The second kappa shape index (κ2) is 8.41. The first-order valence-corrected chi connectivity index (χ1v) is 9.76. The van der Waals surface area contributed by atoms with E-state index in [9.17, 15) is 22.4 Å². The minimum atomic E-state index is -4.58. The number of hydrogen-bond donors (Lipinski definition) is 1. The minimum Gasteiger partial charge on any atom is -0.352 e. The van der Waals surface area contributed by atoms with Gasteiger partial charge in [-0.2, -0.15) is 18.3 Å². The number of rotatable bonds is 5. The lowest BCUT2D eigenvalue weighted by atomic mass is 10.0. The highest BCUT2D eigenvalue weighted by atomic mass is 19.4. The van der Waals surface area contributed by atoms with Crippen molar-refractivity contribution in [2.75, 3.05) is 6.54 Å². The predicted octanol–water partition coefficient (Wildman–Crippen LogP) is 4.77. The zero-order valence-corrected chi connectivity index (χ0v) is 16.9. The molecule has 2 aromatic carbocycles. The fraction of sp³-hybridized carbons (Fsp3) is 0.174. The summed E-state index contributed by atoms with van der Waals surface area (Å²) in [7, 11) is 1.60. The van der Waals surface area contributed by atoms with Crippen molar-refractivity contribution in [1.82, 2.24) is 20.1 Å². The molecule has 0 aliphatic carbocycles. The average molecular weight is 442 g/mol. The van der Waals surface area contributed by atoms with E-state index in [2.05, 4.69) is 15.4 Å². The maximum absolute atomic E-state index is 13.5. The lowest BCUT2D eigenvalue weighted by molar-refractivity contribution is -0.137. The third-order valence-corrected chi connectivity index (χ3v) is 5.05. The van der Waals surface area contributed by atoms with Crippen molar-refractivity contribution >= 4 is 16.9 Å². The van der Waals surface area contributed by atoms with E-state index in [1.54, 1.807) is 19.2 Å². The van der Waals surface area contributed by atoms with E-state index in [1.807, 2.05) is 0 Å². The zero-order chi connectivity index (χ0) is 22.9. The molecule has 0 aliphatic rings. The van der Waals surface area contributed by atoms with Gasteiger partial charge in [0.2, 0.25) is 0 Å². The van der Waals surface area contributed by atoms with Crippen molar-refractivity contribution in [1.29, 1.82) is 0 Å². The molecular formula is C23H18F4N4O. The monoisotopic (exact) mass is 442 g/mol. The van der Waals surface area contributed by atoms with Crippen LogP contribution in [-0.4, -0.2) is 27.2 Å². The van der Waals surface area contributed by atoms with E-state index < -0.39 is 17.6 Å². The number of hydrogen-bond acceptors (Lipinski definition) is 3. The van der Waals surface area contributed by atoms with Crippen molar-refractivity contribution in [2.45, 2.75) is 12.6 Å². The highest BCUT2D eigenvalue weighted by Gasteiger charge is 2.34. The van der Waals surface area contributed by atoms with Gasteiger partial charge in [-0.05, 0) is 36.2 Å². The average Bonchev–Trinajstić information content (AvgIpc) is 3.13. The van der Waals surface area contributed by atoms with Crippen LogP contribution in [0.4, 0.5) is 17.6 Å². The number of halogens is 4. The van der Waals surface area contributed by atoms with E-state index in [0.717, 1.165) is 6.07 Å². The molecule has 0 aliphatic heterocycles. The van der Waals surface area contributed by atoms with Gasteiger partial charge in [-0.15, -0.1) is 0 Å². The molecule has 0 saturated heterocycles. The van der Waals surface area contributed by atoms with E-state index in [0.29, 0.717) is 17.4 Å². The van der Waals surface area contributed by atoms with Gasteiger partial charge in [0.15, 0.2) is 5.65 Å².